The van der Waals surface area contributed by atoms with Crippen molar-refractivity contribution in [2.24, 2.45) is 5.92 Å². The number of esters is 1. The van der Waals surface area contributed by atoms with Gasteiger partial charge in [-0.25, -0.2) is 9.59 Å². The lowest BCUT2D eigenvalue weighted by molar-refractivity contribution is -0.169. The van der Waals surface area contributed by atoms with Crippen molar-refractivity contribution in [1.82, 2.24) is 5.32 Å². The number of benzene rings is 2. The van der Waals surface area contributed by atoms with E-state index < -0.39 is 5.60 Å². The fraction of sp³-hybridized carbons (Fsp3) is 0.517. The second kappa shape index (κ2) is 12.7. The topological polar surface area (TPSA) is 67.9 Å². The number of carbonyl (C=O) groups excluding carboxylic acids is 2. The number of methoxy groups -OCH3 is 2. The van der Waals surface area contributed by atoms with Crippen molar-refractivity contribution < 1.29 is 19.1 Å². The fourth-order valence-electron chi connectivity index (χ4n) is 4.60. The molecule has 0 radical (unpaired) electrons. The van der Waals surface area contributed by atoms with Gasteiger partial charge in [0.2, 0.25) is 0 Å². The summed E-state index contributed by atoms with van der Waals surface area (Å²) in [6.45, 7) is 2.90. The van der Waals surface area contributed by atoms with Crippen molar-refractivity contribution in [2.75, 3.05) is 32.7 Å². The molecule has 0 unspecified atom stereocenters. The van der Waals surface area contributed by atoms with Gasteiger partial charge in [-0.3, -0.25) is 4.90 Å². The summed E-state index contributed by atoms with van der Waals surface area (Å²) in [5.41, 5.74) is 3.03. The van der Waals surface area contributed by atoms with Crippen molar-refractivity contribution in [2.45, 2.75) is 63.9 Å². The Morgan fingerprint density at radius 2 is 1.71 bits per heavy atom. The van der Waals surface area contributed by atoms with Gasteiger partial charge in [-0.15, -0.1) is 0 Å². The van der Waals surface area contributed by atoms with Crippen LogP contribution in [0.25, 0.3) is 11.1 Å². The van der Waals surface area contributed by atoms with Gasteiger partial charge in [0.1, 0.15) is 0 Å². The normalized spacial score (nSPS) is 14.7. The summed E-state index contributed by atoms with van der Waals surface area (Å²) in [5.74, 6) is -0.101. The Kier molecular flexibility index (Phi) is 9.73. The molecule has 1 saturated carbocycles. The first-order valence-electron chi connectivity index (χ1n) is 12.8. The van der Waals surface area contributed by atoms with E-state index in [4.69, 9.17) is 9.47 Å². The van der Waals surface area contributed by atoms with Crippen LogP contribution in [-0.2, 0) is 20.7 Å². The Bertz CT molecular complexity index is 971. The number of carbonyl (C=O) groups is 2. The molecule has 0 spiro atoms. The third-order valence-corrected chi connectivity index (χ3v) is 6.98. The molecular weight excluding hydrogens is 440 g/mol. The van der Waals surface area contributed by atoms with E-state index in [1.54, 1.807) is 19.1 Å². The Labute approximate surface area is 210 Å². The van der Waals surface area contributed by atoms with Gasteiger partial charge in [0.15, 0.2) is 5.60 Å². The van der Waals surface area contributed by atoms with E-state index in [2.05, 4.69) is 24.4 Å². The summed E-state index contributed by atoms with van der Waals surface area (Å²) in [6.07, 6.45) is 8.29. The monoisotopic (exact) mass is 480 g/mol. The zero-order valence-corrected chi connectivity index (χ0v) is 21.6. The minimum Gasteiger partial charge on any atom is -0.467 e. The third-order valence-electron chi connectivity index (χ3n) is 6.98. The van der Waals surface area contributed by atoms with Crippen molar-refractivity contribution in [3.05, 3.63) is 54.1 Å². The fourth-order valence-corrected chi connectivity index (χ4v) is 4.60. The van der Waals surface area contributed by atoms with Crippen LogP contribution in [0.1, 0.15) is 57.4 Å². The molecule has 1 aliphatic carbocycles. The van der Waals surface area contributed by atoms with E-state index in [1.807, 2.05) is 36.4 Å². The Morgan fingerprint density at radius 1 is 1.00 bits per heavy atom. The maximum Gasteiger partial charge on any atom is 0.338 e. The first-order valence-corrected chi connectivity index (χ1v) is 12.8. The number of nitrogens with one attached hydrogen (secondary N) is 1. The smallest absolute Gasteiger partial charge is 0.338 e. The van der Waals surface area contributed by atoms with Crippen molar-refractivity contribution >= 4 is 17.7 Å². The maximum absolute atomic E-state index is 12.6. The highest BCUT2D eigenvalue weighted by molar-refractivity contribution is 5.92. The lowest BCUT2D eigenvalue weighted by Gasteiger charge is -2.29. The largest absolute Gasteiger partial charge is 0.467 e. The number of nitrogens with zero attached hydrogens (tertiary/aromatic N) is 1. The highest BCUT2D eigenvalue weighted by Crippen LogP contribution is 2.44. The molecule has 1 fully saturated rings. The molecule has 2 aromatic carbocycles. The summed E-state index contributed by atoms with van der Waals surface area (Å²) in [7, 11) is 4.80. The predicted octanol–water partition coefficient (Wildman–Crippen LogP) is 5.98. The zero-order valence-electron chi connectivity index (χ0n) is 21.6. The molecule has 3 rings (SSSR count). The summed E-state index contributed by atoms with van der Waals surface area (Å²) in [4.78, 5) is 26.8. The Morgan fingerprint density at radius 3 is 2.34 bits per heavy atom. The van der Waals surface area contributed by atoms with E-state index in [0.29, 0.717) is 13.0 Å². The lowest BCUT2D eigenvalue weighted by Crippen LogP contribution is -2.46. The van der Waals surface area contributed by atoms with Crippen LogP contribution >= 0.6 is 0 Å². The molecule has 0 aromatic heterocycles. The second-order valence-electron chi connectivity index (χ2n) is 9.49. The van der Waals surface area contributed by atoms with Crippen LogP contribution in [0.5, 0.6) is 0 Å². The van der Waals surface area contributed by atoms with Gasteiger partial charge in [-0.1, -0.05) is 69.0 Å². The van der Waals surface area contributed by atoms with Gasteiger partial charge in [0.05, 0.1) is 7.11 Å². The molecule has 6 nitrogen and oxygen atoms in total. The zero-order chi connectivity index (χ0) is 25.3. The van der Waals surface area contributed by atoms with Crippen LogP contribution in [0.15, 0.2) is 48.5 Å². The van der Waals surface area contributed by atoms with E-state index >= 15 is 0 Å². The molecule has 35 heavy (non-hydrogen) atoms. The molecule has 2 aromatic rings. The first kappa shape index (κ1) is 26.7. The summed E-state index contributed by atoms with van der Waals surface area (Å²) in [5, 5.41) is 3.02. The molecule has 6 heteroatoms. The van der Waals surface area contributed by atoms with Crippen molar-refractivity contribution in [3.8, 4) is 11.1 Å². The number of unbranched alkanes of at least 4 members (excludes halogenated alkanes) is 4. The van der Waals surface area contributed by atoms with Crippen molar-refractivity contribution in [3.63, 3.8) is 0 Å². The lowest BCUT2D eigenvalue weighted by atomic mass is 9.88. The van der Waals surface area contributed by atoms with E-state index in [9.17, 15) is 9.59 Å². The van der Waals surface area contributed by atoms with Crippen LogP contribution in [0, 0.1) is 5.92 Å². The molecule has 0 aliphatic heterocycles. The standard InChI is InChI=1S/C29H40N2O4/c1-5-6-7-8-9-19-30-28(33)31(2)26-12-10-11-24(20-26)23-15-13-22(14-16-23)21-29(35-4,25-17-18-25)27(32)34-3/h10-16,20,25H,5-9,17-19,21H2,1-4H3,(H,30,33)/t29-/m0/s1. The molecule has 2 amide bonds. The highest BCUT2D eigenvalue weighted by Gasteiger charge is 2.52. The summed E-state index contributed by atoms with van der Waals surface area (Å²) < 4.78 is 10.8. The predicted molar refractivity (Wildman–Crippen MR) is 141 cm³/mol. The SMILES string of the molecule is CCCCCCCNC(=O)N(C)c1cccc(-c2ccc(C[C@@](OC)(C(=O)OC)C3CC3)cc2)c1. The Hall–Kier alpha value is -2.86. The van der Waals surface area contributed by atoms with Crippen LogP contribution in [0.2, 0.25) is 0 Å². The summed E-state index contributed by atoms with van der Waals surface area (Å²) in [6, 6.07) is 16.1. The van der Waals surface area contributed by atoms with Gasteiger partial charge in [0, 0.05) is 32.8 Å². The van der Waals surface area contributed by atoms with Crippen LogP contribution < -0.4 is 10.2 Å². The first-order chi connectivity index (χ1) is 16.9. The minimum absolute atomic E-state index is 0.0909. The molecule has 190 valence electrons. The van der Waals surface area contributed by atoms with E-state index in [1.165, 1.54) is 26.4 Å². The number of ether oxygens (including phenoxy) is 2. The van der Waals surface area contributed by atoms with Gasteiger partial charge in [0.25, 0.3) is 0 Å². The molecule has 1 aliphatic rings. The highest BCUT2D eigenvalue weighted by atomic mass is 16.6. The molecule has 0 bridgehead atoms. The average Bonchev–Trinajstić information content (AvgIpc) is 3.75. The molecule has 1 atom stereocenters. The number of hydrogen-bond acceptors (Lipinski definition) is 4. The van der Waals surface area contributed by atoms with Gasteiger partial charge < -0.3 is 14.8 Å². The number of rotatable bonds is 13. The molecular formula is C29H40N2O4. The van der Waals surface area contributed by atoms with Crippen LogP contribution in [-0.4, -0.2) is 45.4 Å². The third kappa shape index (κ3) is 6.85. The quantitative estimate of drug-likeness (QED) is 0.283. The second-order valence-corrected chi connectivity index (χ2v) is 9.49. The molecule has 0 heterocycles. The Balaban J connectivity index is 1.64. The van der Waals surface area contributed by atoms with Gasteiger partial charge in [-0.05, 0) is 54.0 Å². The van der Waals surface area contributed by atoms with Crippen LogP contribution in [0.4, 0.5) is 10.5 Å². The number of urea groups is 1. The molecule has 1 N–H and O–H groups in total. The van der Waals surface area contributed by atoms with E-state index in [-0.39, 0.29) is 17.9 Å². The number of hydrogen-bond donors (Lipinski definition) is 1. The minimum atomic E-state index is -0.914. The maximum atomic E-state index is 12.6. The summed E-state index contributed by atoms with van der Waals surface area (Å²) >= 11 is 0. The number of anilines is 1. The van der Waals surface area contributed by atoms with Crippen molar-refractivity contribution in [1.29, 1.82) is 0 Å². The van der Waals surface area contributed by atoms with Gasteiger partial charge in [-0.2, -0.15) is 0 Å². The van der Waals surface area contributed by atoms with Crippen LogP contribution in [0.3, 0.4) is 0 Å². The average molecular weight is 481 g/mol. The van der Waals surface area contributed by atoms with E-state index in [0.717, 1.165) is 48.1 Å². The molecule has 0 saturated heterocycles. The number of amides is 2. The van der Waals surface area contributed by atoms with Gasteiger partial charge >= 0.3 is 12.0 Å².